The van der Waals surface area contributed by atoms with Crippen molar-refractivity contribution >= 4 is 0 Å². The maximum atomic E-state index is 9.99. The van der Waals surface area contributed by atoms with Crippen molar-refractivity contribution in [2.45, 2.75) is 13.0 Å². The summed E-state index contributed by atoms with van der Waals surface area (Å²) in [5, 5.41) is 9.99. The normalized spacial score (nSPS) is 12.2. The van der Waals surface area contributed by atoms with Gasteiger partial charge in [0.1, 0.15) is 18.5 Å². The highest BCUT2D eigenvalue weighted by atomic mass is 16.5. The first-order valence-corrected chi connectivity index (χ1v) is 6.48. The lowest BCUT2D eigenvalue weighted by Gasteiger charge is -2.22. The predicted octanol–water partition coefficient (Wildman–Crippen LogP) is 2.41. The number of nitrogens with zero attached hydrogens (tertiary/aromatic N) is 1. The van der Waals surface area contributed by atoms with E-state index < -0.39 is 6.10 Å². The molecule has 0 aromatic heterocycles. The Morgan fingerprint density at radius 2 is 1.89 bits per heavy atom. The molecule has 0 radical (unpaired) electrons. The summed E-state index contributed by atoms with van der Waals surface area (Å²) < 4.78 is 5.63. The van der Waals surface area contributed by atoms with E-state index in [1.165, 1.54) is 0 Å². The Kier molecular flexibility index (Phi) is 6.93. The van der Waals surface area contributed by atoms with Crippen molar-refractivity contribution in [3.8, 4) is 5.75 Å². The van der Waals surface area contributed by atoms with Crippen molar-refractivity contribution in [2.75, 3.05) is 26.2 Å². The quantitative estimate of drug-likeness (QED) is 0.693. The van der Waals surface area contributed by atoms with Gasteiger partial charge in [-0.2, -0.15) is 0 Å². The Hall–Kier alpha value is -1.58. The number of hydrogen-bond donors (Lipinski definition) is 1. The number of hydrogen-bond acceptors (Lipinski definition) is 3. The van der Waals surface area contributed by atoms with Crippen LogP contribution in [0.3, 0.4) is 0 Å². The third kappa shape index (κ3) is 5.73. The Morgan fingerprint density at radius 3 is 2.47 bits per heavy atom. The molecule has 0 spiro atoms. The van der Waals surface area contributed by atoms with Crippen LogP contribution in [0.5, 0.6) is 5.75 Å². The van der Waals surface area contributed by atoms with E-state index >= 15 is 0 Å². The molecule has 0 saturated carbocycles. The lowest BCUT2D eigenvalue weighted by atomic mass is 10.2. The van der Waals surface area contributed by atoms with E-state index in [1.807, 2.05) is 43.3 Å². The molecule has 0 heterocycles. The summed E-state index contributed by atoms with van der Waals surface area (Å²) in [6.07, 6.45) is 3.11. The fourth-order valence-electron chi connectivity index (χ4n) is 1.84. The minimum Gasteiger partial charge on any atom is -0.491 e. The van der Waals surface area contributed by atoms with Gasteiger partial charge in [-0.05, 0) is 18.6 Å². The zero-order chi connectivity index (χ0) is 14.1. The molecule has 0 aliphatic rings. The Bertz CT molecular complexity index is 393. The van der Waals surface area contributed by atoms with Gasteiger partial charge in [-0.25, -0.2) is 0 Å². The maximum Gasteiger partial charge on any atom is 0.122 e. The molecule has 0 saturated heterocycles. The molecule has 0 bridgehead atoms. The summed E-state index contributed by atoms with van der Waals surface area (Å²) in [4.78, 5) is 2.06. The van der Waals surface area contributed by atoms with Crippen LogP contribution in [-0.4, -0.2) is 42.4 Å². The van der Waals surface area contributed by atoms with E-state index in [1.54, 1.807) is 0 Å². The number of aliphatic hydroxyl groups is 1. The van der Waals surface area contributed by atoms with Crippen LogP contribution in [0.4, 0.5) is 0 Å². The number of aryl methyl sites for hydroxylation is 1. The zero-order valence-electron chi connectivity index (χ0n) is 11.6. The van der Waals surface area contributed by atoms with Gasteiger partial charge in [0.2, 0.25) is 0 Å². The number of benzene rings is 1. The summed E-state index contributed by atoms with van der Waals surface area (Å²) >= 11 is 0. The monoisotopic (exact) mass is 261 g/mol. The second-order valence-electron chi connectivity index (χ2n) is 4.53. The van der Waals surface area contributed by atoms with E-state index in [2.05, 4.69) is 18.1 Å². The second-order valence-corrected chi connectivity index (χ2v) is 4.53. The molecule has 1 aromatic rings. The van der Waals surface area contributed by atoms with Crippen LogP contribution < -0.4 is 4.74 Å². The van der Waals surface area contributed by atoms with Crippen molar-refractivity contribution in [3.63, 3.8) is 0 Å². The average Bonchev–Trinajstić information content (AvgIpc) is 2.38. The Morgan fingerprint density at radius 1 is 1.26 bits per heavy atom. The van der Waals surface area contributed by atoms with Crippen molar-refractivity contribution in [1.29, 1.82) is 0 Å². The molecule has 0 fully saturated rings. The van der Waals surface area contributed by atoms with Crippen molar-refractivity contribution < 1.29 is 9.84 Å². The van der Waals surface area contributed by atoms with Gasteiger partial charge in [0, 0.05) is 19.6 Å². The molecule has 1 rings (SSSR count). The van der Waals surface area contributed by atoms with Gasteiger partial charge in [-0.1, -0.05) is 30.4 Å². The highest BCUT2D eigenvalue weighted by molar-refractivity contribution is 5.31. The fourth-order valence-corrected chi connectivity index (χ4v) is 1.84. The second kappa shape index (κ2) is 8.51. The molecule has 104 valence electrons. The summed E-state index contributed by atoms with van der Waals surface area (Å²) in [6.45, 7) is 11.7. The molecule has 19 heavy (non-hydrogen) atoms. The summed E-state index contributed by atoms with van der Waals surface area (Å²) in [6, 6.07) is 7.79. The fraction of sp³-hybridized carbons (Fsp3) is 0.375. The molecule has 3 heteroatoms. The van der Waals surface area contributed by atoms with Crippen LogP contribution >= 0.6 is 0 Å². The molecule has 0 aliphatic heterocycles. The number of ether oxygens (including phenoxy) is 1. The minimum atomic E-state index is -0.528. The van der Waals surface area contributed by atoms with Crippen LogP contribution in [0.1, 0.15) is 5.56 Å². The standard InChI is InChI=1S/C16H23NO2/c1-4-10-17(11-5-2)12-15(18)13-19-16-9-7-6-8-14(16)3/h4-9,15,18H,1-2,10-13H2,3H3. The Labute approximate surface area is 115 Å². The van der Waals surface area contributed by atoms with Crippen molar-refractivity contribution in [1.82, 2.24) is 4.90 Å². The van der Waals surface area contributed by atoms with Gasteiger partial charge in [0.05, 0.1) is 0 Å². The zero-order valence-corrected chi connectivity index (χ0v) is 11.6. The van der Waals surface area contributed by atoms with Gasteiger partial charge in [-0.3, -0.25) is 4.90 Å². The first-order chi connectivity index (χ1) is 9.17. The van der Waals surface area contributed by atoms with E-state index in [9.17, 15) is 5.11 Å². The molecule has 3 nitrogen and oxygen atoms in total. The van der Waals surface area contributed by atoms with Crippen LogP contribution in [0, 0.1) is 6.92 Å². The van der Waals surface area contributed by atoms with E-state index in [0.29, 0.717) is 6.54 Å². The lowest BCUT2D eigenvalue weighted by Crippen LogP contribution is -2.35. The van der Waals surface area contributed by atoms with Crippen LogP contribution in [-0.2, 0) is 0 Å². The highest BCUT2D eigenvalue weighted by Gasteiger charge is 2.11. The topological polar surface area (TPSA) is 32.7 Å². The van der Waals surface area contributed by atoms with Gasteiger partial charge in [-0.15, -0.1) is 13.2 Å². The van der Waals surface area contributed by atoms with Crippen LogP contribution in [0.15, 0.2) is 49.6 Å². The maximum absolute atomic E-state index is 9.99. The van der Waals surface area contributed by atoms with E-state index in [-0.39, 0.29) is 6.61 Å². The van der Waals surface area contributed by atoms with Crippen LogP contribution in [0.2, 0.25) is 0 Å². The number of aliphatic hydroxyl groups excluding tert-OH is 1. The highest BCUT2D eigenvalue weighted by Crippen LogP contribution is 2.16. The first kappa shape index (κ1) is 15.5. The van der Waals surface area contributed by atoms with Crippen molar-refractivity contribution in [3.05, 3.63) is 55.1 Å². The van der Waals surface area contributed by atoms with E-state index in [0.717, 1.165) is 24.4 Å². The van der Waals surface area contributed by atoms with Gasteiger partial charge in [0.15, 0.2) is 0 Å². The number of para-hydroxylation sites is 1. The third-order valence-corrected chi connectivity index (χ3v) is 2.77. The van der Waals surface area contributed by atoms with Gasteiger partial charge in [0.25, 0.3) is 0 Å². The minimum absolute atomic E-state index is 0.287. The van der Waals surface area contributed by atoms with E-state index in [4.69, 9.17) is 4.74 Å². The largest absolute Gasteiger partial charge is 0.491 e. The smallest absolute Gasteiger partial charge is 0.122 e. The molecule has 1 atom stereocenters. The predicted molar refractivity (Wildman–Crippen MR) is 79.5 cm³/mol. The lowest BCUT2D eigenvalue weighted by molar-refractivity contribution is 0.0752. The Balaban J connectivity index is 2.42. The summed E-state index contributed by atoms with van der Waals surface area (Å²) in [7, 11) is 0. The van der Waals surface area contributed by atoms with Crippen molar-refractivity contribution in [2.24, 2.45) is 0 Å². The average molecular weight is 261 g/mol. The molecule has 1 N–H and O–H groups in total. The summed E-state index contributed by atoms with van der Waals surface area (Å²) in [5.41, 5.74) is 1.07. The third-order valence-electron chi connectivity index (χ3n) is 2.77. The summed E-state index contributed by atoms with van der Waals surface area (Å²) in [5.74, 6) is 0.820. The molecule has 0 aliphatic carbocycles. The van der Waals surface area contributed by atoms with Crippen LogP contribution in [0.25, 0.3) is 0 Å². The molecule has 0 amide bonds. The number of rotatable bonds is 9. The molecular weight excluding hydrogens is 238 g/mol. The first-order valence-electron chi connectivity index (χ1n) is 6.48. The SMILES string of the molecule is C=CCN(CC=C)CC(O)COc1ccccc1C. The molecular formula is C16H23NO2. The molecule has 1 aromatic carbocycles. The van der Waals surface area contributed by atoms with Gasteiger partial charge < -0.3 is 9.84 Å². The van der Waals surface area contributed by atoms with Gasteiger partial charge >= 0.3 is 0 Å². The molecule has 1 unspecified atom stereocenters.